The van der Waals surface area contributed by atoms with E-state index in [1.165, 1.54) is 19.3 Å². The molecule has 7 heterocycles. The van der Waals surface area contributed by atoms with Crippen LogP contribution in [0.25, 0.3) is 0 Å². The summed E-state index contributed by atoms with van der Waals surface area (Å²) in [6.45, 7) is 19.6. The van der Waals surface area contributed by atoms with E-state index in [4.69, 9.17) is 4.98 Å². The minimum atomic E-state index is 0.0616. The summed E-state index contributed by atoms with van der Waals surface area (Å²) in [5, 5.41) is 7.23. The number of halogens is 1. The fourth-order valence-electron chi connectivity index (χ4n) is 8.75. The topological polar surface area (TPSA) is 178 Å². The molecule has 0 saturated carbocycles. The Morgan fingerprint density at radius 3 is 1.15 bits per heavy atom. The second kappa shape index (κ2) is 28.7. The fraction of sp³-hybridized carbons (Fsp3) is 0.667. The minimum absolute atomic E-state index is 0.0616. The van der Waals surface area contributed by atoms with Crippen molar-refractivity contribution in [3.63, 3.8) is 0 Å². The lowest BCUT2D eigenvalue weighted by atomic mass is 10.1. The van der Waals surface area contributed by atoms with Crippen LogP contribution in [0.5, 0.6) is 0 Å². The van der Waals surface area contributed by atoms with Crippen molar-refractivity contribution in [3.8, 4) is 0 Å². The standard InChI is InChI=1S/C28H43N7O4.C12H19N3.C8H13BrN2O2/c1-23(36)32-11-15-34(16-12-32)27(38)21-30-9-4-3-5-10-31(20-26-8-6-7-25(19-30)29-26)22-28(39)35-17-13-33(14-18-35)24(2)37;1-2-7-13-9-11-5-4-6-12(15-11)10-14-8-3-1;1-7(12)10-2-4-11(5-3-10)8(13)6-9/h6-8H,3-5,9-22H2,1-2H3;4-6,13-14H,1-3,7-10H2;2-6H2,1H3. The van der Waals surface area contributed by atoms with Gasteiger partial charge in [0.25, 0.3) is 0 Å². The highest BCUT2D eigenvalue weighted by molar-refractivity contribution is 9.09. The lowest BCUT2D eigenvalue weighted by Crippen LogP contribution is -2.52. The molecule has 3 fully saturated rings. The van der Waals surface area contributed by atoms with Crippen molar-refractivity contribution < 1.29 is 28.8 Å². The van der Waals surface area contributed by atoms with E-state index in [-0.39, 0.29) is 35.4 Å². The monoisotopic (exact) mass is 995 g/mol. The number of piperazine rings is 3. The summed E-state index contributed by atoms with van der Waals surface area (Å²) in [7, 11) is 0. The van der Waals surface area contributed by atoms with Crippen molar-refractivity contribution in [2.24, 2.45) is 0 Å². The quantitative estimate of drug-likeness (QED) is 0.416. The van der Waals surface area contributed by atoms with E-state index in [1.54, 1.807) is 40.4 Å². The third-order valence-electron chi connectivity index (χ3n) is 12.8. The van der Waals surface area contributed by atoms with Crippen molar-refractivity contribution in [1.29, 1.82) is 0 Å². The first-order valence-electron chi connectivity index (χ1n) is 24.3. The predicted molar refractivity (Wildman–Crippen MR) is 260 cm³/mol. The van der Waals surface area contributed by atoms with Crippen molar-refractivity contribution in [2.45, 2.75) is 85.5 Å². The van der Waals surface area contributed by atoms with E-state index in [0.29, 0.717) is 110 Å². The first-order valence-corrected chi connectivity index (χ1v) is 25.4. The van der Waals surface area contributed by atoms with Crippen molar-refractivity contribution in [1.82, 2.24) is 59.8 Å². The molecule has 6 amide bonds. The van der Waals surface area contributed by atoms with Gasteiger partial charge in [0.1, 0.15) is 0 Å². The van der Waals surface area contributed by atoms with Crippen LogP contribution >= 0.6 is 15.9 Å². The van der Waals surface area contributed by atoms with E-state index >= 15 is 0 Å². The molecular formula is C48H75BrN12O6. The Balaban J connectivity index is 0.000000242. The van der Waals surface area contributed by atoms with Gasteiger partial charge in [-0.15, -0.1) is 0 Å². The van der Waals surface area contributed by atoms with Crippen LogP contribution in [0, 0.1) is 0 Å². The van der Waals surface area contributed by atoms with E-state index in [1.807, 2.05) is 28.0 Å². The molecular weight excluding hydrogens is 921 g/mol. The van der Waals surface area contributed by atoms with E-state index < -0.39 is 0 Å². The number of pyridine rings is 2. The van der Waals surface area contributed by atoms with Crippen LogP contribution in [-0.2, 0) is 54.9 Å². The molecule has 0 radical (unpaired) electrons. The summed E-state index contributed by atoms with van der Waals surface area (Å²) in [5.74, 6) is 0.526. The number of hydrogen-bond donors (Lipinski definition) is 2. The average molecular weight is 996 g/mol. The van der Waals surface area contributed by atoms with E-state index in [9.17, 15) is 28.8 Å². The van der Waals surface area contributed by atoms with Crippen LogP contribution in [0.1, 0.15) is 82.1 Å². The molecule has 5 aliphatic heterocycles. The van der Waals surface area contributed by atoms with Gasteiger partial charge in [0.15, 0.2) is 0 Å². The number of nitrogens with one attached hydrogen (secondary N) is 2. The maximum atomic E-state index is 13.1. The summed E-state index contributed by atoms with van der Waals surface area (Å²) >= 11 is 3.12. The highest BCUT2D eigenvalue weighted by atomic mass is 79.9. The predicted octanol–water partition coefficient (Wildman–Crippen LogP) is 1.77. The molecule has 2 aromatic heterocycles. The summed E-state index contributed by atoms with van der Waals surface area (Å²) in [5.41, 5.74) is 4.15. The maximum absolute atomic E-state index is 13.1. The van der Waals surface area contributed by atoms with Gasteiger partial charge in [0.2, 0.25) is 35.4 Å². The summed E-state index contributed by atoms with van der Waals surface area (Å²) < 4.78 is 0. The van der Waals surface area contributed by atoms with Gasteiger partial charge in [-0.3, -0.25) is 48.5 Å². The van der Waals surface area contributed by atoms with E-state index in [0.717, 1.165) is 81.3 Å². The Hall–Kier alpha value is -4.56. The molecule has 7 rings (SSSR count). The molecule has 5 aliphatic rings. The molecule has 18 nitrogen and oxygen atoms in total. The normalized spacial score (nSPS) is 19.4. The van der Waals surface area contributed by atoms with Crippen molar-refractivity contribution in [2.75, 3.05) is 123 Å². The number of nitrogens with zero attached hydrogens (tertiary/aromatic N) is 10. The SMILES string of the molecule is CC(=O)N1CCN(C(=O)CBr)CC1.CC(=O)N1CCN(C(=O)CN2CCCCCN(CC(=O)N3CCN(C(C)=O)CC3)Cc3cccc(n3)C2)CC1.c1cc2nc(c1)CNCCCCCNC2. The van der Waals surface area contributed by atoms with Gasteiger partial charge in [-0.25, -0.2) is 0 Å². The van der Waals surface area contributed by atoms with Crippen LogP contribution in [-0.4, -0.2) is 208 Å². The van der Waals surface area contributed by atoms with Crippen LogP contribution in [0.2, 0.25) is 0 Å². The zero-order valence-electron chi connectivity index (χ0n) is 40.3. The Morgan fingerprint density at radius 1 is 0.448 bits per heavy atom. The number of hydrogen-bond acceptors (Lipinski definition) is 12. The van der Waals surface area contributed by atoms with Gasteiger partial charge in [0, 0.05) is 125 Å². The summed E-state index contributed by atoms with van der Waals surface area (Å²) in [6.07, 6.45) is 6.80. The second-order valence-corrected chi connectivity index (χ2v) is 18.5. The molecule has 0 aromatic carbocycles. The first-order chi connectivity index (χ1) is 32.4. The molecule has 0 atom stereocenters. The van der Waals surface area contributed by atoms with Gasteiger partial charge in [-0.2, -0.15) is 0 Å². The van der Waals surface area contributed by atoms with Crippen LogP contribution in [0.3, 0.4) is 0 Å². The molecule has 2 N–H and O–H groups in total. The molecule has 2 aromatic rings. The molecule has 0 unspecified atom stereocenters. The van der Waals surface area contributed by atoms with Gasteiger partial charge < -0.3 is 40.0 Å². The number of amides is 6. The Labute approximate surface area is 406 Å². The molecule has 0 aliphatic carbocycles. The van der Waals surface area contributed by atoms with Crippen LogP contribution in [0.15, 0.2) is 36.4 Å². The van der Waals surface area contributed by atoms with Crippen LogP contribution < -0.4 is 10.6 Å². The second-order valence-electron chi connectivity index (χ2n) is 17.9. The van der Waals surface area contributed by atoms with Crippen LogP contribution in [0.4, 0.5) is 0 Å². The fourth-order valence-corrected chi connectivity index (χ4v) is 9.11. The molecule has 0 spiro atoms. The highest BCUT2D eigenvalue weighted by Gasteiger charge is 2.26. The molecule has 67 heavy (non-hydrogen) atoms. The lowest BCUT2D eigenvalue weighted by Gasteiger charge is -2.35. The maximum Gasteiger partial charge on any atom is 0.236 e. The minimum Gasteiger partial charge on any atom is -0.339 e. The Kier molecular flexibility index (Phi) is 22.9. The summed E-state index contributed by atoms with van der Waals surface area (Å²) in [6, 6.07) is 12.3. The average Bonchev–Trinajstić information content (AvgIpc) is 3.33. The number of carbonyl (C=O) groups is 6. The molecule has 19 heteroatoms. The van der Waals surface area contributed by atoms with Gasteiger partial charge in [-0.1, -0.05) is 40.9 Å². The first kappa shape index (κ1) is 53.4. The third-order valence-corrected chi connectivity index (χ3v) is 13.3. The van der Waals surface area contributed by atoms with Gasteiger partial charge in [0.05, 0.1) is 41.2 Å². The molecule has 4 bridgehead atoms. The number of alkyl halides is 1. The molecule has 370 valence electrons. The summed E-state index contributed by atoms with van der Waals surface area (Å²) in [4.78, 5) is 96.2. The van der Waals surface area contributed by atoms with Gasteiger partial charge in [-0.05, 0) is 76.1 Å². The number of rotatable bonds is 5. The largest absolute Gasteiger partial charge is 0.339 e. The third kappa shape index (κ3) is 18.8. The zero-order chi connectivity index (χ0) is 48.0. The van der Waals surface area contributed by atoms with E-state index in [2.05, 4.69) is 59.5 Å². The van der Waals surface area contributed by atoms with Crippen molar-refractivity contribution in [3.05, 3.63) is 59.2 Å². The Bertz CT molecular complexity index is 1800. The number of fused-ring (bicyclic) bond motifs is 4. The molecule has 3 saturated heterocycles. The number of carbonyl (C=O) groups excluding carboxylic acids is 6. The van der Waals surface area contributed by atoms with Crippen molar-refractivity contribution >= 4 is 51.4 Å². The smallest absolute Gasteiger partial charge is 0.236 e. The zero-order valence-corrected chi connectivity index (χ0v) is 41.9. The highest BCUT2D eigenvalue weighted by Crippen LogP contribution is 2.14. The van der Waals surface area contributed by atoms with Gasteiger partial charge >= 0.3 is 0 Å². The number of aromatic nitrogens is 2. The lowest BCUT2D eigenvalue weighted by molar-refractivity contribution is -0.139. The Morgan fingerprint density at radius 2 is 0.776 bits per heavy atom.